The molecule has 0 aliphatic carbocycles. The molecule has 0 saturated heterocycles. The molecule has 0 atom stereocenters. The summed E-state index contributed by atoms with van der Waals surface area (Å²) in [6.45, 7) is 5.17. The number of hydrogen-bond donors (Lipinski definition) is 1. The molecule has 0 fully saturated rings. The van der Waals surface area contributed by atoms with Gasteiger partial charge in [0, 0.05) is 25.6 Å². The fourth-order valence-corrected chi connectivity index (χ4v) is 1.89. The van der Waals surface area contributed by atoms with Crippen LogP contribution in [0.1, 0.15) is 42.1 Å². The molecule has 0 bridgehead atoms. The maximum Gasteiger partial charge on any atom is 0.221 e. The first-order chi connectivity index (χ1) is 9.43. The van der Waals surface area contributed by atoms with E-state index in [-0.39, 0.29) is 11.7 Å². The lowest BCUT2D eigenvalue weighted by Crippen LogP contribution is -2.30. The Labute approximate surface area is 121 Å². The number of likely N-dealkylation sites (N-methyl/N-ethyl adjacent to an activating group) is 1. The molecule has 0 saturated carbocycles. The number of hydrogen-bond acceptors (Lipinski definition) is 3. The highest BCUT2D eigenvalue weighted by Crippen LogP contribution is 2.15. The normalized spacial score (nSPS) is 10.9. The van der Waals surface area contributed by atoms with E-state index in [1.54, 1.807) is 7.05 Å². The summed E-state index contributed by atoms with van der Waals surface area (Å²) in [5, 5.41) is 2.57. The predicted octanol–water partition coefficient (Wildman–Crippen LogP) is 2.06. The number of amides is 1. The fraction of sp³-hybridized carbons (Fsp3) is 0.500. The first-order valence-corrected chi connectivity index (χ1v) is 6.96. The fourth-order valence-electron chi connectivity index (χ4n) is 1.89. The standard InChI is InChI=1S/C16H24N2O2/c1-12(2)13-5-7-14(8-6-13)15(19)11-18(4)10-9-16(20)17-3/h5-8,12H,9-11H2,1-4H3,(H,17,20). The largest absolute Gasteiger partial charge is 0.359 e. The Bertz CT molecular complexity index is 452. The lowest BCUT2D eigenvalue weighted by atomic mass is 10.0. The number of carbonyl (C=O) groups excluding carboxylic acids is 2. The van der Waals surface area contributed by atoms with Crippen LogP contribution in [0.2, 0.25) is 0 Å². The van der Waals surface area contributed by atoms with Crippen molar-refractivity contribution in [1.29, 1.82) is 0 Å². The van der Waals surface area contributed by atoms with E-state index in [1.807, 2.05) is 36.2 Å². The van der Waals surface area contributed by atoms with Crippen LogP contribution in [-0.2, 0) is 4.79 Å². The third kappa shape index (κ3) is 5.13. The van der Waals surface area contributed by atoms with E-state index in [1.165, 1.54) is 5.56 Å². The molecule has 1 amide bonds. The molecule has 20 heavy (non-hydrogen) atoms. The Morgan fingerprint density at radius 2 is 1.80 bits per heavy atom. The average Bonchev–Trinajstić information content (AvgIpc) is 2.44. The molecule has 0 aliphatic heterocycles. The number of benzene rings is 1. The Hall–Kier alpha value is -1.68. The van der Waals surface area contributed by atoms with Crippen molar-refractivity contribution in [1.82, 2.24) is 10.2 Å². The Morgan fingerprint density at radius 3 is 2.30 bits per heavy atom. The van der Waals surface area contributed by atoms with Crippen molar-refractivity contribution in [3.8, 4) is 0 Å². The van der Waals surface area contributed by atoms with Gasteiger partial charge in [-0.2, -0.15) is 0 Å². The number of nitrogens with one attached hydrogen (secondary N) is 1. The zero-order chi connectivity index (χ0) is 15.1. The average molecular weight is 276 g/mol. The Kier molecular flexibility index (Phi) is 6.39. The molecule has 1 aromatic carbocycles. The predicted molar refractivity (Wildman–Crippen MR) is 81.0 cm³/mol. The lowest BCUT2D eigenvalue weighted by Gasteiger charge is -2.15. The summed E-state index contributed by atoms with van der Waals surface area (Å²) in [6, 6.07) is 7.76. The summed E-state index contributed by atoms with van der Waals surface area (Å²) < 4.78 is 0. The zero-order valence-electron chi connectivity index (χ0n) is 12.8. The van der Waals surface area contributed by atoms with Gasteiger partial charge in [-0.3, -0.25) is 14.5 Å². The van der Waals surface area contributed by atoms with Gasteiger partial charge in [0.05, 0.1) is 6.54 Å². The number of nitrogens with zero attached hydrogens (tertiary/aromatic N) is 1. The lowest BCUT2D eigenvalue weighted by molar-refractivity contribution is -0.120. The van der Waals surface area contributed by atoms with Crippen LogP contribution in [0.3, 0.4) is 0 Å². The van der Waals surface area contributed by atoms with Crippen LogP contribution < -0.4 is 5.32 Å². The minimum atomic E-state index is -0.00872. The minimum Gasteiger partial charge on any atom is -0.359 e. The molecule has 0 unspecified atom stereocenters. The van der Waals surface area contributed by atoms with Gasteiger partial charge < -0.3 is 5.32 Å². The van der Waals surface area contributed by atoms with Gasteiger partial charge in [-0.15, -0.1) is 0 Å². The van der Waals surface area contributed by atoms with Crippen molar-refractivity contribution in [2.24, 2.45) is 0 Å². The van der Waals surface area contributed by atoms with Gasteiger partial charge in [0.2, 0.25) is 5.91 Å². The van der Waals surface area contributed by atoms with Crippen molar-refractivity contribution in [2.75, 3.05) is 27.2 Å². The number of carbonyl (C=O) groups is 2. The summed E-state index contributed by atoms with van der Waals surface area (Å²) in [5.74, 6) is 0.541. The van der Waals surface area contributed by atoms with Crippen molar-refractivity contribution in [3.63, 3.8) is 0 Å². The second kappa shape index (κ2) is 7.80. The molecule has 4 nitrogen and oxygen atoms in total. The van der Waals surface area contributed by atoms with E-state index in [0.29, 0.717) is 25.4 Å². The first-order valence-electron chi connectivity index (χ1n) is 6.96. The maximum absolute atomic E-state index is 12.1. The van der Waals surface area contributed by atoms with Gasteiger partial charge in [-0.25, -0.2) is 0 Å². The topological polar surface area (TPSA) is 49.4 Å². The maximum atomic E-state index is 12.1. The molecule has 0 spiro atoms. The van der Waals surface area contributed by atoms with Crippen LogP contribution in [0, 0.1) is 0 Å². The molecule has 1 N–H and O–H groups in total. The molecule has 1 rings (SSSR count). The highest BCUT2D eigenvalue weighted by Gasteiger charge is 2.10. The molecule has 0 aliphatic rings. The first kappa shape index (κ1) is 16.4. The second-order valence-electron chi connectivity index (χ2n) is 5.36. The van der Waals surface area contributed by atoms with E-state index in [9.17, 15) is 9.59 Å². The molecule has 0 aromatic heterocycles. The Morgan fingerprint density at radius 1 is 1.20 bits per heavy atom. The van der Waals surface area contributed by atoms with Crippen LogP contribution in [0.4, 0.5) is 0 Å². The van der Waals surface area contributed by atoms with Gasteiger partial charge in [0.25, 0.3) is 0 Å². The van der Waals surface area contributed by atoms with Gasteiger partial charge in [0.15, 0.2) is 5.78 Å². The van der Waals surface area contributed by atoms with E-state index in [2.05, 4.69) is 19.2 Å². The quantitative estimate of drug-likeness (QED) is 0.776. The molecule has 0 heterocycles. The molecular formula is C16H24N2O2. The SMILES string of the molecule is CNC(=O)CCN(C)CC(=O)c1ccc(C(C)C)cc1. The molecule has 0 radical (unpaired) electrons. The third-order valence-corrected chi connectivity index (χ3v) is 3.31. The van der Waals surface area contributed by atoms with E-state index >= 15 is 0 Å². The summed E-state index contributed by atoms with van der Waals surface area (Å²) in [7, 11) is 3.47. The highest BCUT2D eigenvalue weighted by atomic mass is 16.1. The summed E-state index contributed by atoms with van der Waals surface area (Å²) in [4.78, 5) is 25.1. The van der Waals surface area contributed by atoms with Crippen molar-refractivity contribution >= 4 is 11.7 Å². The molecule has 110 valence electrons. The van der Waals surface area contributed by atoms with Crippen LogP contribution in [0.5, 0.6) is 0 Å². The number of rotatable bonds is 7. The van der Waals surface area contributed by atoms with Crippen LogP contribution >= 0.6 is 0 Å². The monoisotopic (exact) mass is 276 g/mol. The summed E-state index contributed by atoms with van der Waals surface area (Å²) in [5.41, 5.74) is 1.95. The highest BCUT2D eigenvalue weighted by molar-refractivity contribution is 5.97. The molecular weight excluding hydrogens is 252 g/mol. The van der Waals surface area contributed by atoms with Crippen LogP contribution in [-0.4, -0.2) is 43.8 Å². The van der Waals surface area contributed by atoms with Gasteiger partial charge in [0.1, 0.15) is 0 Å². The van der Waals surface area contributed by atoms with Crippen molar-refractivity contribution in [3.05, 3.63) is 35.4 Å². The molecule has 4 heteroatoms. The van der Waals surface area contributed by atoms with E-state index in [0.717, 1.165) is 5.56 Å². The van der Waals surface area contributed by atoms with Crippen molar-refractivity contribution < 1.29 is 9.59 Å². The zero-order valence-corrected chi connectivity index (χ0v) is 12.8. The van der Waals surface area contributed by atoms with Crippen molar-refractivity contribution in [2.45, 2.75) is 26.2 Å². The van der Waals surface area contributed by atoms with Crippen LogP contribution in [0.25, 0.3) is 0 Å². The second-order valence-corrected chi connectivity index (χ2v) is 5.36. The molecule has 1 aromatic rings. The number of ketones is 1. The summed E-state index contributed by atoms with van der Waals surface area (Å²) >= 11 is 0. The number of Topliss-reactive ketones (excluding diaryl/α,β-unsaturated/α-hetero) is 1. The summed E-state index contributed by atoms with van der Waals surface area (Å²) in [6.07, 6.45) is 0.409. The van der Waals surface area contributed by atoms with E-state index < -0.39 is 0 Å². The van der Waals surface area contributed by atoms with Gasteiger partial charge in [-0.05, 0) is 18.5 Å². The minimum absolute atomic E-state index is 0.00872. The third-order valence-electron chi connectivity index (χ3n) is 3.31. The van der Waals surface area contributed by atoms with Gasteiger partial charge >= 0.3 is 0 Å². The smallest absolute Gasteiger partial charge is 0.221 e. The Balaban J connectivity index is 2.51. The van der Waals surface area contributed by atoms with Gasteiger partial charge in [-0.1, -0.05) is 38.1 Å². The van der Waals surface area contributed by atoms with E-state index in [4.69, 9.17) is 0 Å². The van der Waals surface area contributed by atoms with Crippen LogP contribution in [0.15, 0.2) is 24.3 Å².